The minimum atomic E-state index is 0.888. The lowest BCUT2D eigenvalue weighted by atomic mass is 10.0. The number of benzene rings is 8. The average Bonchev–Trinajstić information content (AvgIpc) is 3.93. The number of hydrogen-bond donors (Lipinski definition) is 0. The van der Waals surface area contributed by atoms with Crippen molar-refractivity contribution in [1.82, 2.24) is 18.7 Å². The van der Waals surface area contributed by atoms with E-state index in [0.29, 0.717) is 0 Å². The topological polar surface area (TPSA) is 27.7 Å². The van der Waals surface area contributed by atoms with Crippen LogP contribution in [0.5, 0.6) is 0 Å². The van der Waals surface area contributed by atoms with Crippen LogP contribution in [-0.4, -0.2) is 18.7 Å². The predicted octanol–water partition coefficient (Wildman–Crippen LogP) is 13.7. The fourth-order valence-corrected chi connectivity index (χ4v) is 9.16. The van der Waals surface area contributed by atoms with Gasteiger partial charge in [-0.3, -0.25) is 4.57 Å². The van der Waals surface area contributed by atoms with Crippen LogP contribution in [0.2, 0.25) is 0 Å². The highest BCUT2D eigenvalue weighted by Crippen LogP contribution is 2.43. The van der Waals surface area contributed by atoms with Gasteiger partial charge in [-0.25, -0.2) is 4.98 Å². The standard InChI is InChI=1S/C53H34N4/c1-3-15-35(16-4-1)37-33-45(36-17-5-2-6-18-36)54-51(34-37)57-49-26-14-10-22-44(49)52-50(57)32-31-43-42-21-9-13-25-48(42)56(53(43)52)39-29-27-38(28-30-39)55-46-23-11-7-19-40(46)41-20-8-12-24-47(41)55/h1-34H. The maximum absolute atomic E-state index is 5.41. The molecule has 12 aromatic rings. The minimum Gasteiger partial charge on any atom is -0.309 e. The Hall–Kier alpha value is -7.69. The minimum absolute atomic E-state index is 0.888. The summed E-state index contributed by atoms with van der Waals surface area (Å²) in [6, 6.07) is 74.2. The molecule has 266 valence electrons. The van der Waals surface area contributed by atoms with Gasteiger partial charge in [0.15, 0.2) is 0 Å². The lowest BCUT2D eigenvalue weighted by Crippen LogP contribution is -2.00. The van der Waals surface area contributed by atoms with Crippen LogP contribution < -0.4 is 0 Å². The zero-order chi connectivity index (χ0) is 37.5. The van der Waals surface area contributed by atoms with E-state index in [0.717, 1.165) is 50.6 Å². The van der Waals surface area contributed by atoms with Gasteiger partial charge in [0.05, 0.1) is 38.8 Å². The van der Waals surface area contributed by atoms with Crippen LogP contribution >= 0.6 is 0 Å². The molecule has 0 amide bonds. The summed E-state index contributed by atoms with van der Waals surface area (Å²) in [5.74, 6) is 0.888. The van der Waals surface area contributed by atoms with Crippen molar-refractivity contribution in [1.29, 1.82) is 0 Å². The van der Waals surface area contributed by atoms with Crippen LogP contribution in [-0.2, 0) is 0 Å². The highest BCUT2D eigenvalue weighted by Gasteiger charge is 2.22. The molecule has 0 aliphatic rings. The third-order valence-corrected chi connectivity index (χ3v) is 11.6. The number of hydrogen-bond acceptors (Lipinski definition) is 1. The van der Waals surface area contributed by atoms with E-state index in [1.54, 1.807) is 0 Å². The Bertz CT molecular complexity index is 3390. The molecule has 0 radical (unpaired) electrons. The van der Waals surface area contributed by atoms with Gasteiger partial charge in [-0.1, -0.05) is 140 Å². The summed E-state index contributed by atoms with van der Waals surface area (Å²) in [5, 5.41) is 7.38. The summed E-state index contributed by atoms with van der Waals surface area (Å²) >= 11 is 0. The number of para-hydroxylation sites is 4. The van der Waals surface area contributed by atoms with Crippen molar-refractivity contribution < 1.29 is 0 Å². The molecule has 0 bridgehead atoms. The quantitative estimate of drug-likeness (QED) is 0.174. The second kappa shape index (κ2) is 12.4. The lowest BCUT2D eigenvalue weighted by Gasteiger charge is -2.13. The summed E-state index contributed by atoms with van der Waals surface area (Å²) in [7, 11) is 0. The Morgan fingerprint density at radius 2 is 0.772 bits per heavy atom. The molecular formula is C53H34N4. The fraction of sp³-hybridized carbons (Fsp3) is 0. The Morgan fingerprint density at radius 3 is 1.39 bits per heavy atom. The van der Waals surface area contributed by atoms with E-state index < -0.39 is 0 Å². The molecular weight excluding hydrogens is 693 g/mol. The maximum Gasteiger partial charge on any atom is 0.138 e. The van der Waals surface area contributed by atoms with Crippen LogP contribution in [0.15, 0.2) is 206 Å². The lowest BCUT2D eigenvalue weighted by molar-refractivity contribution is 1.08. The first kappa shape index (κ1) is 31.6. The molecule has 12 rings (SSSR count). The second-order valence-corrected chi connectivity index (χ2v) is 14.8. The molecule has 0 aliphatic carbocycles. The van der Waals surface area contributed by atoms with Gasteiger partial charge in [0.2, 0.25) is 0 Å². The van der Waals surface area contributed by atoms with Crippen LogP contribution in [0.3, 0.4) is 0 Å². The first-order valence-corrected chi connectivity index (χ1v) is 19.5. The molecule has 4 aromatic heterocycles. The zero-order valence-electron chi connectivity index (χ0n) is 30.9. The molecule has 0 atom stereocenters. The molecule has 0 fully saturated rings. The number of nitrogens with zero attached hydrogens (tertiary/aromatic N) is 4. The number of aromatic nitrogens is 4. The van der Waals surface area contributed by atoms with Crippen molar-refractivity contribution in [3.05, 3.63) is 206 Å². The Morgan fingerprint density at radius 1 is 0.298 bits per heavy atom. The number of rotatable bonds is 5. The van der Waals surface area contributed by atoms with Crippen molar-refractivity contribution in [2.45, 2.75) is 0 Å². The van der Waals surface area contributed by atoms with Gasteiger partial charge in [0.1, 0.15) is 5.82 Å². The molecule has 8 aromatic carbocycles. The first-order valence-electron chi connectivity index (χ1n) is 19.5. The third-order valence-electron chi connectivity index (χ3n) is 11.6. The Kier molecular flexibility index (Phi) is 6.89. The summed E-state index contributed by atoms with van der Waals surface area (Å²) in [6.07, 6.45) is 0. The highest BCUT2D eigenvalue weighted by molar-refractivity contribution is 6.26. The molecule has 57 heavy (non-hydrogen) atoms. The molecule has 4 heterocycles. The predicted molar refractivity (Wildman–Crippen MR) is 238 cm³/mol. The van der Waals surface area contributed by atoms with Crippen molar-refractivity contribution in [3.8, 4) is 39.6 Å². The maximum atomic E-state index is 5.41. The second-order valence-electron chi connectivity index (χ2n) is 14.8. The molecule has 0 aliphatic heterocycles. The van der Waals surface area contributed by atoms with Crippen LogP contribution in [0, 0.1) is 0 Å². The van der Waals surface area contributed by atoms with Gasteiger partial charge >= 0.3 is 0 Å². The summed E-state index contributed by atoms with van der Waals surface area (Å²) in [6.45, 7) is 0. The monoisotopic (exact) mass is 726 g/mol. The smallest absolute Gasteiger partial charge is 0.138 e. The van der Waals surface area contributed by atoms with E-state index in [1.165, 1.54) is 54.4 Å². The first-order chi connectivity index (χ1) is 28.3. The van der Waals surface area contributed by atoms with Gasteiger partial charge < -0.3 is 9.13 Å². The van der Waals surface area contributed by atoms with Crippen molar-refractivity contribution in [3.63, 3.8) is 0 Å². The van der Waals surface area contributed by atoms with Crippen molar-refractivity contribution in [2.75, 3.05) is 0 Å². The van der Waals surface area contributed by atoms with Crippen molar-refractivity contribution in [2.24, 2.45) is 0 Å². The van der Waals surface area contributed by atoms with E-state index in [2.05, 4.69) is 220 Å². The van der Waals surface area contributed by atoms with Crippen molar-refractivity contribution >= 4 is 65.4 Å². The number of fused-ring (bicyclic) bond motifs is 10. The Labute approximate surface area is 328 Å². The van der Waals surface area contributed by atoms with Gasteiger partial charge in [-0.15, -0.1) is 0 Å². The number of pyridine rings is 1. The largest absolute Gasteiger partial charge is 0.309 e. The highest BCUT2D eigenvalue weighted by atomic mass is 15.1. The zero-order valence-corrected chi connectivity index (χ0v) is 30.9. The van der Waals surface area contributed by atoms with Gasteiger partial charge in [0, 0.05) is 49.3 Å². The molecule has 4 nitrogen and oxygen atoms in total. The van der Waals surface area contributed by atoms with Gasteiger partial charge in [0.25, 0.3) is 0 Å². The fourth-order valence-electron chi connectivity index (χ4n) is 9.16. The molecule has 0 spiro atoms. The van der Waals surface area contributed by atoms with E-state index in [1.807, 2.05) is 0 Å². The summed E-state index contributed by atoms with van der Waals surface area (Å²) < 4.78 is 7.20. The van der Waals surface area contributed by atoms with E-state index in [9.17, 15) is 0 Å². The molecule has 4 heteroatoms. The summed E-state index contributed by atoms with van der Waals surface area (Å²) in [5.41, 5.74) is 13.6. The molecule has 0 saturated heterocycles. The van der Waals surface area contributed by atoms with Gasteiger partial charge in [-0.05, 0) is 77.9 Å². The van der Waals surface area contributed by atoms with Crippen LogP contribution in [0.25, 0.3) is 105 Å². The van der Waals surface area contributed by atoms with E-state index in [4.69, 9.17) is 4.98 Å². The molecule has 0 saturated carbocycles. The normalized spacial score (nSPS) is 11.9. The van der Waals surface area contributed by atoms with Crippen LogP contribution in [0.1, 0.15) is 0 Å². The van der Waals surface area contributed by atoms with E-state index in [-0.39, 0.29) is 0 Å². The van der Waals surface area contributed by atoms with Crippen LogP contribution in [0.4, 0.5) is 0 Å². The average molecular weight is 727 g/mol. The third kappa shape index (κ3) is 4.77. The molecule has 0 N–H and O–H groups in total. The SMILES string of the molecule is c1ccc(-c2cc(-c3ccccc3)nc(-n3c4ccccc4c4c3ccc3c5ccccc5n(-c5ccc(-n6c7ccccc7c7ccccc76)cc5)c34)c2)cc1. The van der Waals surface area contributed by atoms with Gasteiger partial charge in [-0.2, -0.15) is 0 Å². The Balaban J connectivity index is 1.13. The summed E-state index contributed by atoms with van der Waals surface area (Å²) in [4.78, 5) is 5.41. The molecule has 0 unspecified atom stereocenters. The van der Waals surface area contributed by atoms with E-state index >= 15 is 0 Å².